The van der Waals surface area contributed by atoms with Crippen molar-refractivity contribution < 1.29 is 13.2 Å². The highest BCUT2D eigenvalue weighted by Gasteiger charge is 2.30. The SMILES string of the molecule is CC(CC(F)(F)F)NC(C)c1ccc(Cl)c(Cl)c1. The van der Waals surface area contributed by atoms with Crippen molar-refractivity contribution in [1.29, 1.82) is 0 Å². The van der Waals surface area contributed by atoms with Crippen molar-refractivity contribution in [2.75, 3.05) is 0 Å². The fourth-order valence-corrected chi connectivity index (χ4v) is 2.02. The molecule has 6 heteroatoms. The second-order valence-electron chi connectivity index (χ2n) is 4.28. The first-order valence-corrected chi connectivity index (χ1v) is 6.22. The van der Waals surface area contributed by atoms with Crippen LogP contribution < -0.4 is 5.32 Å². The molecule has 2 atom stereocenters. The van der Waals surface area contributed by atoms with Crippen molar-refractivity contribution in [3.8, 4) is 0 Å². The molecule has 0 aliphatic heterocycles. The van der Waals surface area contributed by atoms with Crippen LogP contribution in [0.2, 0.25) is 10.0 Å². The monoisotopic (exact) mass is 299 g/mol. The number of nitrogens with one attached hydrogen (secondary N) is 1. The third-order valence-electron chi connectivity index (χ3n) is 2.52. The van der Waals surface area contributed by atoms with Gasteiger partial charge in [0.05, 0.1) is 16.5 Å². The average Bonchev–Trinajstić information content (AvgIpc) is 2.18. The van der Waals surface area contributed by atoms with Crippen LogP contribution in [-0.2, 0) is 0 Å². The third kappa shape index (κ3) is 5.04. The summed E-state index contributed by atoms with van der Waals surface area (Å²) in [6.45, 7) is 3.29. The molecule has 0 aromatic heterocycles. The molecule has 1 aromatic carbocycles. The molecule has 0 heterocycles. The lowest BCUT2D eigenvalue weighted by Crippen LogP contribution is -2.33. The first-order chi connectivity index (χ1) is 8.19. The maximum Gasteiger partial charge on any atom is 0.390 e. The highest BCUT2D eigenvalue weighted by Crippen LogP contribution is 2.27. The number of halogens is 5. The Labute approximate surface area is 114 Å². The normalized spacial score (nSPS) is 15.5. The van der Waals surface area contributed by atoms with E-state index in [1.807, 2.05) is 0 Å². The van der Waals surface area contributed by atoms with Crippen molar-refractivity contribution in [1.82, 2.24) is 5.32 Å². The van der Waals surface area contributed by atoms with Crippen molar-refractivity contribution in [3.63, 3.8) is 0 Å². The van der Waals surface area contributed by atoms with Crippen LogP contribution in [0.25, 0.3) is 0 Å². The Balaban J connectivity index is 2.64. The first kappa shape index (κ1) is 15.6. The highest BCUT2D eigenvalue weighted by molar-refractivity contribution is 6.42. The van der Waals surface area contributed by atoms with E-state index in [4.69, 9.17) is 23.2 Å². The summed E-state index contributed by atoms with van der Waals surface area (Å²) in [5.74, 6) is 0. The van der Waals surface area contributed by atoms with Gasteiger partial charge in [0.15, 0.2) is 0 Å². The van der Waals surface area contributed by atoms with Crippen molar-refractivity contribution >= 4 is 23.2 Å². The summed E-state index contributed by atoms with van der Waals surface area (Å²) in [4.78, 5) is 0. The zero-order valence-corrected chi connectivity index (χ0v) is 11.5. The van der Waals surface area contributed by atoms with E-state index in [9.17, 15) is 13.2 Å². The minimum absolute atomic E-state index is 0.225. The quantitative estimate of drug-likeness (QED) is 0.826. The van der Waals surface area contributed by atoms with Gasteiger partial charge < -0.3 is 5.32 Å². The average molecular weight is 300 g/mol. The molecule has 18 heavy (non-hydrogen) atoms. The third-order valence-corrected chi connectivity index (χ3v) is 3.25. The number of hydrogen-bond donors (Lipinski definition) is 1. The van der Waals surface area contributed by atoms with Crippen LogP contribution >= 0.6 is 23.2 Å². The second kappa shape index (κ2) is 6.13. The smallest absolute Gasteiger partial charge is 0.307 e. The summed E-state index contributed by atoms with van der Waals surface area (Å²) in [5, 5.41) is 3.70. The van der Waals surface area contributed by atoms with Crippen molar-refractivity contribution in [2.45, 2.75) is 38.5 Å². The Bertz CT molecular complexity index is 407. The summed E-state index contributed by atoms with van der Waals surface area (Å²) in [6.07, 6.45) is -5.03. The van der Waals surface area contributed by atoms with E-state index >= 15 is 0 Å². The van der Waals surface area contributed by atoms with E-state index < -0.39 is 18.6 Å². The molecule has 1 aromatic rings. The highest BCUT2D eigenvalue weighted by atomic mass is 35.5. The summed E-state index contributed by atoms with van der Waals surface area (Å²) < 4.78 is 36.6. The van der Waals surface area contributed by atoms with Crippen molar-refractivity contribution in [2.24, 2.45) is 0 Å². The van der Waals surface area contributed by atoms with Crippen LogP contribution in [-0.4, -0.2) is 12.2 Å². The maximum atomic E-state index is 12.2. The van der Waals surface area contributed by atoms with Crippen LogP contribution in [0.3, 0.4) is 0 Å². The minimum Gasteiger partial charge on any atom is -0.307 e. The fraction of sp³-hybridized carbons (Fsp3) is 0.500. The van der Waals surface area contributed by atoms with Gasteiger partial charge in [0.25, 0.3) is 0 Å². The van der Waals surface area contributed by atoms with Gasteiger partial charge >= 0.3 is 6.18 Å². The lowest BCUT2D eigenvalue weighted by molar-refractivity contribution is -0.139. The first-order valence-electron chi connectivity index (χ1n) is 5.47. The van der Waals surface area contributed by atoms with Gasteiger partial charge in [0.2, 0.25) is 0 Å². The Morgan fingerprint density at radius 2 is 1.78 bits per heavy atom. The lowest BCUT2D eigenvalue weighted by Gasteiger charge is -2.21. The molecular weight excluding hydrogens is 286 g/mol. The molecule has 102 valence electrons. The number of rotatable bonds is 4. The fourth-order valence-electron chi connectivity index (χ4n) is 1.71. The number of alkyl halides is 3. The standard InChI is InChI=1S/C12H14Cl2F3N/c1-7(6-12(15,16)17)18-8(2)9-3-4-10(13)11(14)5-9/h3-5,7-8,18H,6H2,1-2H3. The molecule has 0 aliphatic carbocycles. The molecule has 0 aliphatic rings. The molecule has 0 saturated heterocycles. The van der Waals surface area contributed by atoms with Gasteiger partial charge in [-0.3, -0.25) is 0 Å². The zero-order chi connectivity index (χ0) is 13.9. The van der Waals surface area contributed by atoms with E-state index in [1.165, 1.54) is 6.92 Å². The Hall–Kier alpha value is -0.450. The van der Waals surface area contributed by atoms with E-state index in [0.29, 0.717) is 10.0 Å². The van der Waals surface area contributed by atoms with Crippen molar-refractivity contribution in [3.05, 3.63) is 33.8 Å². The predicted octanol–water partition coefficient (Wildman–Crippen LogP) is 4.98. The van der Waals surface area contributed by atoms with E-state index in [0.717, 1.165) is 5.56 Å². The number of benzene rings is 1. The van der Waals surface area contributed by atoms with Gasteiger partial charge in [-0.1, -0.05) is 29.3 Å². The van der Waals surface area contributed by atoms with Crippen LogP contribution in [0.5, 0.6) is 0 Å². The Morgan fingerprint density at radius 3 is 2.28 bits per heavy atom. The van der Waals surface area contributed by atoms with Crippen LogP contribution in [0, 0.1) is 0 Å². The molecule has 0 spiro atoms. The van der Waals surface area contributed by atoms with E-state index in [2.05, 4.69) is 5.32 Å². The van der Waals surface area contributed by atoms with E-state index in [-0.39, 0.29) is 6.04 Å². The summed E-state index contributed by atoms with van der Waals surface area (Å²) in [5.41, 5.74) is 0.804. The van der Waals surface area contributed by atoms with Gasteiger partial charge in [0, 0.05) is 12.1 Å². The molecular formula is C12H14Cl2F3N. The molecule has 0 bridgehead atoms. The topological polar surface area (TPSA) is 12.0 Å². The van der Waals surface area contributed by atoms with Gasteiger partial charge in [0.1, 0.15) is 0 Å². The van der Waals surface area contributed by atoms with Gasteiger partial charge in [-0.15, -0.1) is 0 Å². The van der Waals surface area contributed by atoms with Crippen LogP contribution in [0.15, 0.2) is 18.2 Å². The van der Waals surface area contributed by atoms with Crippen LogP contribution in [0.1, 0.15) is 31.9 Å². The number of hydrogen-bond acceptors (Lipinski definition) is 1. The lowest BCUT2D eigenvalue weighted by atomic mass is 10.1. The van der Waals surface area contributed by atoms with Gasteiger partial charge in [-0.05, 0) is 31.5 Å². The molecule has 0 radical (unpaired) electrons. The largest absolute Gasteiger partial charge is 0.390 e. The van der Waals surface area contributed by atoms with Crippen LogP contribution in [0.4, 0.5) is 13.2 Å². The molecule has 0 fully saturated rings. The molecule has 0 saturated carbocycles. The molecule has 2 unspecified atom stereocenters. The minimum atomic E-state index is -4.16. The molecule has 1 N–H and O–H groups in total. The van der Waals surface area contributed by atoms with E-state index in [1.54, 1.807) is 25.1 Å². The maximum absolute atomic E-state index is 12.2. The summed E-state index contributed by atoms with van der Waals surface area (Å²) in [7, 11) is 0. The molecule has 1 rings (SSSR count). The Morgan fingerprint density at radius 1 is 1.17 bits per heavy atom. The predicted molar refractivity (Wildman–Crippen MR) is 68.1 cm³/mol. The van der Waals surface area contributed by atoms with Gasteiger partial charge in [-0.2, -0.15) is 13.2 Å². The zero-order valence-electron chi connectivity index (χ0n) is 9.98. The Kier molecular flexibility index (Phi) is 5.32. The summed E-state index contributed by atoms with van der Waals surface area (Å²) >= 11 is 11.6. The molecule has 0 amide bonds. The van der Waals surface area contributed by atoms with Gasteiger partial charge in [-0.25, -0.2) is 0 Å². The second-order valence-corrected chi connectivity index (χ2v) is 5.10. The molecule has 1 nitrogen and oxygen atoms in total. The summed E-state index contributed by atoms with van der Waals surface area (Å²) in [6, 6.07) is 4.14.